The third kappa shape index (κ3) is 4.57. The minimum Gasteiger partial charge on any atom is -0.391 e. The Kier molecular flexibility index (Phi) is 5.91. The summed E-state index contributed by atoms with van der Waals surface area (Å²) in [5, 5.41) is 19.1. The third-order valence-corrected chi connectivity index (χ3v) is 3.48. The van der Waals surface area contributed by atoms with E-state index in [1.807, 2.05) is 19.9 Å². The molecule has 2 amide bonds. The largest absolute Gasteiger partial charge is 0.391 e. The van der Waals surface area contributed by atoms with Crippen LogP contribution in [0.4, 0.5) is 0 Å². The molecule has 0 aromatic rings. The molecule has 116 valence electrons. The molecule has 0 saturated carbocycles. The number of nitrogens with zero attached hydrogens (tertiary/aromatic N) is 3. The second-order valence-corrected chi connectivity index (χ2v) is 5.97. The zero-order valence-electron chi connectivity index (χ0n) is 13.0. The van der Waals surface area contributed by atoms with Gasteiger partial charge in [-0.15, -0.1) is 0 Å². The summed E-state index contributed by atoms with van der Waals surface area (Å²) in [5.74, 6) is -0.623. The second kappa shape index (κ2) is 7.23. The number of amides is 2. The summed E-state index contributed by atoms with van der Waals surface area (Å²) < 4.78 is 0. The van der Waals surface area contributed by atoms with Crippen molar-refractivity contribution in [3.63, 3.8) is 0 Å². The first-order chi connectivity index (χ1) is 9.76. The Labute approximate surface area is 125 Å². The number of carbonyl (C=O) groups excluding carboxylic acids is 2. The van der Waals surface area contributed by atoms with E-state index >= 15 is 0 Å². The molecule has 1 saturated heterocycles. The van der Waals surface area contributed by atoms with E-state index in [4.69, 9.17) is 5.26 Å². The molecule has 6 heteroatoms. The number of β-amino-alcohol motifs (C(OH)–C–C–N with tert-alkyl or cyclic N) is 1. The number of aliphatic hydroxyl groups excluding tert-OH is 1. The van der Waals surface area contributed by atoms with E-state index in [1.165, 1.54) is 9.80 Å². The van der Waals surface area contributed by atoms with E-state index in [0.717, 1.165) is 0 Å². The molecule has 1 fully saturated rings. The molecule has 1 aliphatic rings. The Morgan fingerprint density at radius 1 is 1.43 bits per heavy atom. The molecule has 1 aliphatic heterocycles. The van der Waals surface area contributed by atoms with Crippen LogP contribution in [0.3, 0.4) is 0 Å². The molecular formula is C15H23N3O3. The van der Waals surface area contributed by atoms with Crippen LogP contribution in [0.2, 0.25) is 0 Å². The van der Waals surface area contributed by atoms with Gasteiger partial charge in [0.1, 0.15) is 11.6 Å². The molecule has 0 spiro atoms. The lowest BCUT2D eigenvalue weighted by molar-refractivity contribution is -0.130. The van der Waals surface area contributed by atoms with Gasteiger partial charge in [0.05, 0.1) is 6.10 Å². The summed E-state index contributed by atoms with van der Waals surface area (Å²) in [4.78, 5) is 26.9. The van der Waals surface area contributed by atoms with Crippen molar-refractivity contribution in [1.82, 2.24) is 9.80 Å². The number of carbonyl (C=O) groups is 2. The summed E-state index contributed by atoms with van der Waals surface area (Å²) in [6, 6.07) is 1.91. The van der Waals surface area contributed by atoms with Gasteiger partial charge in [0.15, 0.2) is 0 Å². The highest BCUT2D eigenvalue weighted by Crippen LogP contribution is 2.22. The molecule has 1 rings (SSSR count). The van der Waals surface area contributed by atoms with Crippen LogP contribution < -0.4 is 0 Å². The van der Waals surface area contributed by atoms with E-state index in [0.29, 0.717) is 6.54 Å². The Balaban J connectivity index is 2.74. The molecule has 2 atom stereocenters. The highest BCUT2D eigenvalue weighted by atomic mass is 16.3. The van der Waals surface area contributed by atoms with Crippen molar-refractivity contribution in [2.75, 3.05) is 27.2 Å². The topological polar surface area (TPSA) is 84.6 Å². The van der Waals surface area contributed by atoms with Gasteiger partial charge in [-0.25, -0.2) is 0 Å². The van der Waals surface area contributed by atoms with Crippen LogP contribution in [0, 0.1) is 23.2 Å². The van der Waals surface area contributed by atoms with Crippen molar-refractivity contribution in [2.24, 2.45) is 11.8 Å². The van der Waals surface area contributed by atoms with Crippen molar-refractivity contribution in [3.8, 4) is 6.07 Å². The van der Waals surface area contributed by atoms with Crippen LogP contribution in [0.5, 0.6) is 0 Å². The van der Waals surface area contributed by atoms with Gasteiger partial charge >= 0.3 is 0 Å². The smallest absolute Gasteiger partial charge is 0.264 e. The van der Waals surface area contributed by atoms with Gasteiger partial charge in [-0.1, -0.05) is 19.9 Å². The normalized spacial score (nSPS) is 22.3. The maximum Gasteiger partial charge on any atom is 0.264 e. The lowest BCUT2D eigenvalue weighted by atomic mass is 10.0. The van der Waals surface area contributed by atoms with Gasteiger partial charge in [-0.2, -0.15) is 5.26 Å². The number of aliphatic hydroxyl groups is 1. The van der Waals surface area contributed by atoms with Gasteiger partial charge in [0.2, 0.25) is 5.91 Å². The van der Waals surface area contributed by atoms with Crippen LogP contribution >= 0.6 is 0 Å². The van der Waals surface area contributed by atoms with Crippen LogP contribution in [0.25, 0.3) is 0 Å². The average molecular weight is 293 g/mol. The fourth-order valence-electron chi connectivity index (χ4n) is 2.29. The van der Waals surface area contributed by atoms with Crippen LogP contribution in [0.15, 0.2) is 11.6 Å². The molecule has 0 radical (unpaired) electrons. The zero-order chi connectivity index (χ0) is 16.2. The summed E-state index contributed by atoms with van der Waals surface area (Å²) in [5.41, 5.74) is 0.0942. The number of hydrogen-bond acceptors (Lipinski definition) is 4. The standard InChI is InChI=1S/C15H23N3O3/c1-10(2)5-11(7-16)15(21)18-8-12(13(19)9-18)6-14(20)17(3)4/h5,10,12-13,19H,6,8-9H2,1-4H3/b11-5+/t12-,13-/m0/s1. The maximum atomic E-state index is 12.3. The van der Waals surface area contributed by atoms with Gasteiger partial charge in [0, 0.05) is 39.5 Å². The predicted octanol–water partition coefficient (Wildman–Crippen LogP) is 0.390. The van der Waals surface area contributed by atoms with Gasteiger partial charge in [-0.3, -0.25) is 9.59 Å². The number of likely N-dealkylation sites (tertiary alicyclic amines) is 1. The van der Waals surface area contributed by atoms with Gasteiger partial charge in [0.25, 0.3) is 5.91 Å². The zero-order valence-corrected chi connectivity index (χ0v) is 13.0. The van der Waals surface area contributed by atoms with E-state index in [1.54, 1.807) is 20.2 Å². The van der Waals surface area contributed by atoms with Crippen LogP contribution in [0.1, 0.15) is 20.3 Å². The first-order valence-corrected chi connectivity index (χ1v) is 7.05. The van der Waals surface area contributed by atoms with Crippen molar-refractivity contribution in [2.45, 2.75) is 26.4 Å². The predicted molar refractivity (Wildman–Crippen MR) is 77.9 cm³/mol. The van der Waals surface area contributed by atoms with E-state index in [-0.39, 0.29) is 42.2 Å². The molecule has 0 bridgehead atoms. The van der Waals surface area contributed by atoms with E-state index in [9.17, 15) is 14.7 Å². The average Bonchev–Trinajstić information content (AvgIpc) is 2.76. The monoisotopic (exact) mass is 293 g/mol. The number of nitriles is 1. The number of hydrogen-bond donors (Lipinski definition) is 1. The summed E-state index contributed by atoms with van der Waals surface area (Å²) in [7, 11) is 3.32. The molecule has 1 N–H and O–H groups in total. The number of rotatable bonds is 4. The Bertz CT molecular complexity index is 477. The fraction of sp³-hybridized carbons (Fsp3) is 0.667. The van der Waals surface area contributed by atoms with E-state index in [2.05, 4.69) is 0 Å². The van der Waals surface area contributed by atoms with Crippen molar-refractivity contribution < 1.29 is 14.7 Å². The minimum absolute atomic E-state index is 0.0772. The van der Waals surface area contributed by atoms with Crippen molar-refractivity contribution >= 4 is 11.8 Å². The second-order valence-electron chi connectivity index (χ2n) is 5.97. The van der Waals surface area contributed by atoms with Gasteiger partial charge in [-0.05, 0) is 5.92 Å². The lowest BCUT2D eigenvalue weighted by Gasteiger charge is -2.17. The van der Waals surface area contributed by atoms with Crippen molar-refractivity contribution in [1.29, 1.82) is 5.26 Å². The summed E-state index contributed by atoms with van der Waals surface area (Å²) in [6.45, 7) is 4.25. The Morgan fingerprint density at radius 3 is 2.52 bits per heavy atom. The number of allylic oxidation sites excluding steroid dienone is 1. The highest BCUT2D eigenvalue weighted by Gasteiger charge is 2.36. The van der Waals surface area contributed by atoms with E-state index < -0.39 is 6.10 Å². The molecule has 21 heavy (non-hydrogen) atoms. The molecule has 6 nitrogen and oxygen atoms in total. The first kappa shape index (κ1) is 17.2. The molecule has 0 aromatic carbocycles. The first-order valence-electron chi connectivity index (χ1n) is 7.05. The fourth-order valence-corrected chi connectivity index (χ4v) is 2.29. The van der Waals surface area contributed by atoms with Crippen LogP contribution in [-0.4, -0.2) is 60.0 Å². The highest BCUT2D eigenvalue weighted by molar-refractivity contribution is 5.97. The minimum atomic E-state index is -0.725. The van der Waals surface area contributed by atoms with Crippen molar-refractivity contribution in [3.05, 3.63) is 11.6 Å². The summed E-state index contributed by atoms with van der Waals surface area (Å²) in [6.07, 6.45) is 1.10. The SMILES string of the molecule is CC(C)/C=C(\C#N)C(=O)N1C[C@H](CC(=O)N(C)C)[C@@H](O)C1. The van der Waals surface area contributed by atoms with Crippen LogP contribution in [-0.2, 0) is 9.59 Å². The third-order valence-electron chi connectivity index (χ3n) is 3.48. The Morgan fingerprint density at radius 2 is 2.05 bits per heavy atom. The Hall–Kier alpha value is -1.87. The molecule has 1 heterocycles. The maximum absolute atomic E-state index is 12.3. The molecule has 0 unspecified atom stereocenters. The molecule has 0 aliphatic carbocycles. The quantitative estimate of drug-likeness (QED) is 0.600. The lowest BCUT2D eigenvalue weighted by Crippen LogP contribution is -2.31. The molecular weight excluding hydrogens is 270 g/mol. The summed E-state index contributed by atoms with van der Waals surface area (Å²) >= 11 is 0. The molecule has 0 aromatic heterocycles. The van der Waals surface area contributed by atoms with Gasteiger partial charge < -0.3 is 14.9 Å².